The van der Waals surface area contributed by atoms with E-state index in [1.807, 2.05) is 25.5 Å². The van der Waals surface area contributed by atoms with Gasteiger partial charge in [-0.15, -0.1) is 0 Å². The van der Waals surface area contributed by atoms with Gasteiger partial charge in [-0.05, 0) is 38.8 Å². The van der Waals surface area contributed by atoms with Gasteiger partial charge in [-0.3, -0.25) is 4.98 Å². The zero-order valence-corrected chi connectivity index (χ0v) is 9.91. The van der Waals surface area contributed by atoms with Gasteiger partial charge in [-0.25, -0.2) is 0 Å². The summed E-state index contributed by atoms with van der Waals surface area (Å²) in [6.07, 6.45) is 10.4. The van der Waals surface area contributed by atoms with E-state index in [9.17, 15) is 0 Å². The van der Waals surface area contributed by atoms with Gasteiger partial charge in [-0.1, -0.05) is 6.42 Å². The molecule has 1 fully saturated rings. The summed E-state index contributed by atoms with van der Waals surface area (Å²) < 4.78 is 6.04. The standard InChI is InChI=1S/C13H20N2O/c1-14-9-11-7-8-15-10-13(11)16-12-5-3-2-4-6-12/h7-8,10,12,14H,2-6,9H2,1H3. The molecule has 2 rings (SSSR count). The molecule has 0 atom stereocenters. The lowest BCUT2D eigenvalue weighted by molar-refractivity contribution is 0.153. The van der Waals surface area contributed by atoms with Crippen LogP contribution >= 0.6 is 0 Å². The molecule has 1 N–H and O–H groups in total. The Balaban J connectivity index is 2.01. The Kier molecular flexibility index (Phi) is 4.17. The Bertz CT molecular complexity index is 321. The molecule has 0 saturated heterocycles. The van der Waals surface area contributed by atoms with Crippen molar-refractivity contribution in [3.8, 4) is 5.75 Å². The molecule has 1 aromatic rings. The summed E-state index contributed by atoms with van der Waals surface area (Å²) in [5, 5.41) is 3.15. The van der Waals surface area contributed by atoms with Gasteiger partial charge >= 0.3 is 0 Å². The third-order valence-electron chi connectivity index (χ3n) is 3.08. The maximum absolute atomic E-state index is 6.04. The first kappa shape index (κ1) is 11.4. The summed E-state index contributed by atoms with van der Waals surface area (Å²) in [4.78, 5) is 4.14. The Hall–Kier alpha value is -1.09. The molecular weight excluding hydrogens is 200 g/mol. The molecule has 1 heterocycles. The van der Waals surface area contributed by atoms with E-state index in [1.54, 1.807) is 0 Å². The molecule has 0 spiro atoms. The molecule has 0 unspecified atom stereocenters. The van der Waals surface area contributed by atoms with Gasteiger partial charge in [0.1, 0.15) is 5.75 Å². The summed E-state index contributed by atoms with van der Waals surface area (Å²) in [5.41, 5.74) is 1.20. The summed E-state index contributed by atoms with van der Waals surface area (Å²) in [7, 11) is 1.95. The maximum atomic E-state index is 6.04. The number of nitrogens with zero attached hydrogens (tertiary/aromatic N) is 1. The smallest absolute Gasteiger partial charge is 0.142 e. The first-order chi connectivity index (χ1) is 7.90. The van der Waals surface area contributed by atoms with Crippen molar-refractivity contribution in [2.75, 3.05) is 7.05 Å². The fourth-order valence-corrected chi connectivity index (χ4v) is 2.21. The van der Waals surface area contributed by atoms with E-state index in [0.717, 1.165) is 12.3 Å². The highest BCUT2D eigenvalue weighted by Gasteiger charge is 2.16. The quantitative estimate of drug-likeness (QED) is 0.846. The van der Waals surface area contributed by atoms with E-state index in [2.05, 4.69) is 10.3 Å². The molecule has 0 bridgehead atoms. The number of hydrogen-bond acceptors (Lipinski definition) is 3. The van der Waals surface area contributed by atoms with Crippen LogP contribution in [0.1, 0.15) is 37.7 Å². The van der Waals surface area contributed by atoms with Gasteiger partial charge in [0.25, 0.3) is 0 Å². The van der Waals surface area contributed by atoms with E-state index in [-0.39, 0.29) is 0 Å². The summed E-state index contributed by atoms with van der Waals surface area (Å²) >= 11 is 0. The molecule has 1 saturated carbocycles. The molecule has 0 amide bonds. The minimum absolute atomic E-state index is 0.397. The van der Waals surface area contributed by atoms with E-state index < -0.39 is 0 Å². The van der Waals surface area contributed by atoms with Crippen LogP contribution in [0.5, 0.6) is 5.75 Å². The first-order valence-corrected chi connectivity index (χ1v) is 6.14. The highest BCUT2D eigenvalue weighted by molar-refractivity contribution is 5.29. The van der Waals surface area contributed by atoms with E-state index in [0.29, 0.717) is 6.10 Å². The molecule has 3 heteroatoms. The fourth-order valence-electron chi connectivity index (χ4n) is 2.21. The molecule has 88 valence electrons. The average molecular weight is 220 g/mol. The van der Waals surface area contributed by atoms with E-state index >= 15 is 0 Å². The molecule has 0 aromatic carbocycles. The normalized spacial score (nSPS) is 17.3. The van der Waals surface area contributed by atoms with Crippen molar-refractivity contribution in [2.24, 2.45) is 0 Å². The van der Waals surface area contributed by atoms with Crippen molar-refractivity contribution in [1.82, 2.24) is 10.3 Å². The lowest BCUT2D eigenvalue weighted by Gasteiger charge is -2.24. The predicted molar refractivity (Wildman–Crippen MR) is 64.5 cm³/mol. The summed E-state index contributed by atoms with van der Waals surface area (Å²) in [5.74, 6) is 0.948. The van der Waals surface area contributed by atoms with E-state index in [1.165, 1.54) is 37.7 Å². The third-order valence-corrected chi connectivity index (χ3v) is 3.08. The lowest BCUT2D eigenvalue weighted by atomic mass is 9.98. The Morgan fingerprint density at radius 3 is 2.94 bits per heavy atom. The van der Waals surface area contributed by atoms with Crippen molar-refractivity contribution in [2.45, 2.75) is 44.8 Å². The van der Waals surface area contributed by atoms with Crippen LogP contribution in [-0.4, -0.2) is 18.1 Å². The predicted octanol–water partition coefficient (Wildman–Crippen LogP) is 2.51. The fraction of sp³-hybridized carbons (Fsp3) is 0.615. The van der Waals surface area contributed by atoms with Crippen LogP contribution in [0.2, 0.25) is 0 Å². The van der Waals surface area contributed by atoms with Crippen LogP contribution < -0.4 is 10.1 Å². The second kappa shape index (κ2) is 5.85. The van der Waals surface area contributed by atoms with Crippen molar-refractivity contribution in [3.63, 3.8) is 0 Å². The van der Waals surface area contributed by atoms with Gasteiger partial charge in [0.2, 0.25) is 0 Å². The van der Waals surface area contributed by atoms with Crippen molar-refractivity contribution in [1.29, 1.82) is 0 Å². The molecule has 1 aromatic heterocycles. The van der Waals surface area contributed by atoms with Crippen LogP contribution in [0, 0.1) is 0 Å². The largest absolute Gasteiger partial charge is 0.488 e. The van der Waals surface area contributed by atoms with Crippen LogP contribution in [0.15, 0.2) is 18.5 Å². The van der Waals surface area contributed by atoms with Crippen LogP contribution in [-0.2, 0) is 6.54 Å². The maximum Gasteiger partial charge on any atom is 0.142 e. The zero-order valence-electron chi connectivity index (χ0n) is 9.91. The number of ether oxygens (including phenoxy) is 1. The SMILES string of the molecule is CNCc1ccncc1OC1CCCCC1. The Labute approximate surface area is 97.2 Å². The van der Waals surface area contributed by atoms with Gasteiger partial charge in [0.15, 0.2) is 0 Å². The molecule has 0 aliphatic heterocycles. The Morgan fingerprint density at radius 2 is 2.19 bits per heavy atom. The van der Waals surface area contributed by atoms with Gasteiger partial charge in [0.05, 0.1) is 12.3 Å². The minimum atomic E-state index is 0.397. The second-order valence-corrected chi connectivity index (χ2v) is 4.39. The highest BCUT2D eigenvalue weighted by atomic mass is 16.5. The second-order valence-electron chi connectivity index (χ2n) is 4.39. The van der Waals surface area contributed by atoms with E-state index in [4.69, 9.17) is 4.74 Å². The molecule has 1 aliphatic rings. The van der Waals surface area contributed by atoms with Crippen molar-refractivity contribution >= 4 is 0 Å². The third kappa shape index (κ3) is 2.95. The zero-order chi connectivity index (χ0) is 11.2. The molecule has 0 radical (unpaired) electrons. The molecule has 16 heavy (non-hydrogen) atoms. The molecule has 1 aliphatic carbocycles. The molecule has 3 nitrogen and oxygen atoms in total. The summed E-state index contributed by atoms with van der Waals surface area (Å²) in [6.45, 7) is 0.838. The summed E-state index contributed by atoms with van der Waals surface area (Å²) in [6, 6.07) is 2.02. The highest BCUT2D eigenvalue weighted by Crippen LogP contribution is 2.25. The average Bonchev–Trinajstić information content (AvgIpc) is 2.33. The number of nitrogens with one attached hydrogen (secondary N) is 1. The minimum Gasteiger partial charge on any atom is -0.488 e. The number of pyridine rings is 1. The first-order valence-electron chi connectivity index (χ1n) is 6.14. The topological polar surface area (TPSA) is 34.2 Å². The van der Waals surface area contributed by atoms with Gasteiger partial charge in [0, 0.05) is 18.3 Å². The monoisotopic (exact) mass is 220 g/mol. The molecular formula is C13H20N2O. The van der Waals surface area contributed by atoms with Crippen LogP contribution in [0.25, 0.3) is 0 Å². The van der Waals surface area contributed by atoms with Gasteiger partial charge < -0.3 is 10.1 Å². The number of aromatic nitrogens is 1. The van der Waals surface area contributed by atoms with Crippen molar-refractivity contribution < 1.29 is 4.74 Å². The number of hydrogen-bond donors (Lipinski definition) is 1. The van der Waals surface area contributed by atoms with Crippen LogP contribution in [0.3, 0.4) is 0 Å². The van der Waals surface area contributed by atoms with Crippen molar-refractivity contribution in [3.05, 3.63) is 24.0 Å². The van der Waals surface area contributed by atoms with Gasteiger partial charge in [-0.2, -0.15) is 0 Å². The Morgan fingerprint density at radius 1 is 1.38 bits per heavy atom. The lowest BCUT2D eigenvalue weighted by Crippen LogP contribution is -2.21. The number of rotatable bonds is 4. The van der Waals surface area contributed by atoms with Crippen LogP contribution in [0.4, 0.5) is 0 Å².